The Bertz CT molecular complexity index is 1060. The average molecular weight is 384 g/mol. The van der Waals surface area contributed by atoms with Crippen LogP contribution in [0.1, 0.15) is 10.4 Å². The largest absolute Gasteiger partial charge is 0.493 e. The number of ether oxygens (including phenoxy) is 3. The molecule has 1 aromatic heterocycles. The van der Waals surface area contributed by atoms with Gasteiger partial charge in [-0.05, 0) is 24.3 Å². The number of nitrogens with one attached hydrogen (secondary N) is 2. The summed E-state index contributed by atoms with van der Waals surface area (Å²) in [7, 11) is 6.04. The number of hydrogen-bond donors (Lipinski definition) is 2. The number of methoxy groups -OCH3 is 3. The number of carbonyl (C=O) groups excluding carboxylic acids is 1. The van der Waals surface area contributed by atoms with Crippen molar-refractivity contribution < 1.29 is 23.4 Å². The van der Waals surface area contributed by atoms with Gasteiger partial charge in [-0.1, -0.05) is 12.1 Å². The van der Waals surface area contributed by atoms with Crippen molar-refractivity contribution in [2.75, 3.05) is 39.0 Å². The van der Waals surface area contributed by atoms with Crippen molar-refractivity contribution in [2.24, 2.45) is 0 Å². The zero-order valence-corrected chi connectivity index (χ0v) is 15.9. The zero-order chi connectivity index (χ0) is 20.3. The summed E-state index contributed by atoms with van der Waals surface area (Å²) in [6.45, 7) is 0. The van der Waals surface area contributed by atoms with Crippen LogP contribution in [0.3, 0.4) is 0 Å². The first-order valence-electron chi connectivity index (χ1n) is 8.39. The van der Waals surface area contributed by atoms with Crippen LogP contribution < -0.4 is 30.5 Å². The van der Waals surface area contributed by atoms with E-state index in [9.17, 15) is 9.59 Å². The summed E-state index contributed by atoms with van der Waals surface area (Å²) >= 11 is 0. The molecule has 0 aliphatic rings. The van der Waals surface area contributed by atoms with Gasteiger partial charge in [0.25, 0.3) is 5.91 Å². The van der Waals surface area contributed by atoms with E-state index < -0.39 is 11.5 Å². The lowest BCUT2D eigenvalue weighted by atomic mass is 10.1. The van der Waals surface area contributed by atoms with Crippen LogP contribution in [-0.4, -0.2) is 34.3 Å². The van der Waals surface area contributed by atoms with E-state index in [1.807, 2.05) is 6.07 Å². The van der Waals surface area contributed by atoms with Gasteiger partial charge < -0.3 is 29.3 Å². The second-order valence-corrected chi connectivity index (χ2v) is 5.75. The van der Waals surface area contributed by atoms with Gasteiger partial charge in [0.15, 0.2) is 17.2 Å². The normalized spacial score (nSPS) is 10.4. The molecule has 1 amide bonds. The molecule has 1 heterocycles. The second kappa shape index (κ2) is 7.91. The van der Waals surface area contributed by atoms with Crippen molar-refractivity contribution in [3.8, 4) is 17.2 Å². The Hall–Kier alpha value is -3.68. The lowest BCUT2D eigenvalue weighted by Crippen LogP contribution is -2.20. The fourth-order valence-corrected chi connectivity index (χ4v) is 2.92. The maximum atomic E-state index is 12.8. The Labute approximate surface area is 161 Å². The number of fused-ring (bicyclic) bond motifs is 1. The second-order valence-electron chi connectivity index (χ2n) is 5.75. The molecule has 0 spiro atoms. The summed E-state index contributed by atoms with van der Waals surface area (Å²) in [5.74, 6) is 0.485. The van der Waals surface area contributed by atoms with E-state index >= 15 is 0 Å². The highest BCUT2D eigenvalue weighted by Crippen LogP contribution is 2.38. The van der Waals surface area contributed by atoms with Gasteiger partial charge in [0, 0.05) is 18.0 Å². The molecule has 3 aromatic rings. The number of hydrogen-bond acceptors (Lipinski definition) is 7. The number of amides is 1. The predicted molar refractivity (Wildman–Crippen MR) is 106 cm³/mol. The quantitative estimate of drug-likeness (QED) is 0.630. The monoisotopic (exact) mass is 384 g/mol. The number of benzene rings is 2. The fourth-order valence-electron chi connectivity index (χ4n) is 2.92. The van der Waals surface area contributed by atoms with Crippen LogP contribution in [0.4, 0.5) is 11.4 Å². The van der Waals surface area contributed by atoms with Gasteiger partial charge in [-0.15, -0.1) is 0 Å². The fraction of sp³-hybridized carbons (Fsp3) is 0.200. The van der Waals surface area contributed by atoms with Gasteiger partial charge in [0.1, 0.15) is 5.58 Å². The molecule has 0 radical (unpaired) electrons. The molecule has 0 fully saturated rings. The molecular formula is C20H20N2O6. The van der Waals surface area contributed by atoms with Gasteiger partial charge in [-0.25, -0.2) is 4.79 Å². The Morgan fingerprint density at radius 1 is 0.964 bits per heavy atom. The van der Waals surface area contributed by atoms with E-state index in [0.29, 0.717) is 33.9 Å². The number of para-hydroxylation sites is 1. The highest BCUT2D eigenvalue weighted by molar-refractivity contribution is 6.09. The summed E-state index contributed by atoms with van der Waals surface area (Å²) < 4.78 is 21.1. The Balaban J connectivity index is 2.07. The molecule has 3 rings (SSSR count). The highest BCUT2D eigenvalue weighted by Gasteiger charge is 2.20. The lowest BCUT2D eigenvalue weighted by Gasteiger charge is -2.15. The van der Waals surface area contributed by atoms with E-state index in [-0.39, 0.29) is 11.3 Å². The minimum absolute atomic E-state index is 0.0138. The van der Waals surface area contributed by atoms with Crippen molar-refractivity contribution in [2.45, 2.75) is 0 Å². The summed E-state index contributed by atoms with van der Waals surface area (Å²) in [6, 6.07) is 10.0. The van der Waals surface area contributed by atoms with Crippen molar-refractivity contribution >= 4 is 28.3 Å². The van der Waals surface area contributed by atoms with Crippen LogP contribution in [0.25, 0.3) is 11.0 Å². The Morgan fingerprint density at radius 3 is 2.18 bits per heavy atom. The van der Waals surface area contributed by atoms with E-state index in [2.05, 4.69) is 10.6 Å². The van der Waals surface area contributed by atoms with Crippen LogP contribution in [0, 0.1) is 0 Å². The van der Waals surface area contributed by atoms with Crippen LogP contribution in [0.15, 0.2) is 45.6 Å². The van der Waals surface area contributed by atoms with Gasteiger partial charge in [-0.3, -0.25) is 4.79 Å². The first-order chi connectivity index (χ1) is 13.5. The van der Waals surface area contributed by atoms with Crippen LogP contribution in [0.2, 0.25) is 0 Å². The van der Waals surface area contributed by atoms with E-state index in [1.165, 1.54) is 33.5 Å². The summed E-state index contributed by atoms with van der Waals surface area (Å²) in [5.41, 5.74) is 0.461. The molecule has 0 unspecified atom stereocenters. The molecule has 2 N–H and O–H groups in total. The molecule has 0 aliphatic carbocycles. The smallest absolute Gasteiger partial charge is 0.362 e. The Morgan fingerprint density at radius 2 is 1.61 bits per heavy atom. The topological polar surface area (TPSA) is 99.0 Å². The molecule has 0 bridgehead atoms. The number of anilines is 2. The first-order valence-corrected chi connectivity index (χ1v) is 8.39. The molecule has 28 heavy (non-hydrogen) atoms. The first kappa shape index (κ1) is 19.1. The van der Waals surface area contributed by atoms with Crippen LogP contribution >= 0.6 is 0 Å². The summed E-state index contributed by atoms with van der Waals surface area (Å²) in [6.07, 6.45) is 0. The predicted octanol–water partition coefficient (Wildman–Crippen LogP) is 3.11. The van der Waals surface area contributed by atoms with Gasteiger partial charge in [0.2, 0.25) is 5.75 Å². The van der Waals surface area contributed by atoms with E-state index in [1.54, 1.807) is 25.2 Å². The molecular weight excluding hydrogens is 364 g/mol. The van der Waals surface area contributed by atoms with Crippen LogP contribution in [0.5, 0.6) is 17.2 Å². The van der Waals surface area contributed by atoms with Gasteiger partial charge >= 0.3 is 5.63 Å². The molecule has 8 heteroatoms. The standard InChI is InChI=1S/C20H20N2O6/c1-21-16-12-7-5-6-8-13(12)28-20(24)17(16)22-19(23)11-9-14(25-2)18(27-4)15(10-11)26-3/h5-10,21H,1-4H3,(H,22,23). The molecule has 8 nitrogen and oxygen atoms in total. The third-order valence-electron chi connectivity index (χ3n) is 4.23. The third-order valence-corrected chi connectivity index (χ3v) is 4.23. The van der Waals surface area contributed by atoms with Gasteiger partial charge in [-0.2, -0.15) is 0 Å². The third kappa shape index (κ3) is 3.32. The highest BCUT2D eigenvalue weighted by atomic mass is 16.5. The molecule has 2 aromatic carbocycles. The van der Waals surface area contributed by atoms with Crippen molar-refractivity contribution in [3.63, 3.8) is 0 Å². The van der Waals surface area contributed by atoms with Crippen molar-refractivity contribution in [1.82, 2.24) is 0 Å². The lowest BCUT2D eigenvalue weighted by molar-refractivity contribution is 0.102. The van der Waals surface area contributed by atoms with Gasteiger partial charge in [0.05, 0.1) is 27.0 Å². The minimum Gasteiger partial charge on any atom is -0.493 e. The van der Waals surface area contributed by atoms with Crippen molar-refractivity contribution in [1.29, 1.82) is 0 Å². The number of carbonyl (C=O) groups is 1. The molecule has 0 aliphatic heterocycles. The maximum Gasteiger partial charge on any atom is 0.362 e. The molecule has 0 saturated carbocycles. The molecule has 146 valence electrons. The SMILES string of the molecule is CNc1c(NC(=O)c2cc(OC)c(OC)c(OC)c2)c(=O)oc2ccccc12. The Kier molecular flexibility index (Phi) is 5.39. The van der Waals surface area contributed by atoms with Crippen molar-refractivity contribution in [3.05, 3.63) is 52.4 Å². The zero-order valence-electron chi connectivity index (χ0n) is 15.9. The molecule has 0 saturated heterocycles. The molecule has 0 atom stereocenters. The van der Waals surface area contributed by atoms with E-state index in [4.69, 9.17) is 18.6 Å². The van der Waals surface area contributed by atoms with Crippen LogP contribution in [-0.2, 0) is 0 Å². The minimum atomic E-state index is -0.663. The summed E-state index contributed by atoms with van der Waals surface area (Å²) in [5, 5.41) is 6.25. The summed E-state index contributed by atoms with van der Waals surface area (Å²) in [4.78, 5) is 25.3. The van der Waals surface area contributed by atoms with E-state index in [0.717, 1.165) is 0 Å². The average Bonchev–Trinajstić information content (AvgIpc) is 2.72. The maximum absolute atomic E-state index is 12.8. The number of rotatable bonds is 6.